The number of rotatable bonds is 8. The average molecular weight is 476 g/mol. The maximum absolute atomic E-state index is 13.2. The summed E-state index contributed by atoms with van der Waals surface area (Å²) in [5.74, 6) is -1.06. The van der Waals surface area contributed by atoms with Gasteiger partial charge in [0.05, 0.1) is 4.90 Å². The average Bonchev–Trinajstić information content (AvgIpc) is 3.05. The summed E-state index contributed by atoms with van der Waals surface area (Å²) in [7, 11) is -3.63. The first-order valence-corrected chi connectivity index (χ1v) is 12.7. The lowest BCUT2D eigenvalue weighted by molar-refractivity contribution is -0.117. The molecule has 1 heterocycles. The lowest BCUT2D eigenvalue weighted by Crippen LogP contribution is -2.32. The Morgan fingerprint density at radius 1 is 0.909 bits per heavy atom. The Balaban J connectivity index is 1.55. The molecular formula is C24H30FN3O4S. The second-order valence-corrected chi connectivity index (χ2v) is 10.2. The van der Waals surface area contributed by atoms with Gasteiger partial charge in [0.25, 0.3) is 0 Å². The molecule has 0 aromatic heterocycles. The van der Waals surface area contributed by atoms with Gasteiger partial charge in [-0.3, -0.25) is 9.59 Å². The fourth-order valence-electron chi connectivity index (χ4n) is 3.80. The van der Waals surface area contributed by atoms with Crippen LogP contribution in [0.25, 0.3) is 0 Å². The highest BCUT2D eigenvalue weighted by Crippen LogP contribution is 2.26. The molecule has 7 nitrogen and oxygen atoms in total. The monoisotopic (exact) mass is 475 g/mol. The number of hydrogen-bond donors (Lipinski definition) is 2. The van der Waals surface area contributed by atoms with Gasteiger partial charge in [-0.25, -0.2) is 12.8 Å². The Morgan fingerprint density at radius 2 is 1.52 bits per heavy atom. The first-order valence-electron chi connectivity index (χ1n) is 11.2. The van der Waals surface area contributed by atoms with Gasteiger partial charge in [0.15, 0.2) is 0 Å². The minimum atomic E-state index is -3.63. The summed E-state index contributed by atoms with van der Waals surface area (Å²) in [5.41, 5.74) is 1.40. The van der Waals surface area contributed by atoms with Crippen LogP contribution in [0.1, 0.15) is 50.5 Å². The molecule has 0 radical (unpaired) electrons. The molecular weight excluding hydrogens is 445 g/mol. The number of halogens is 1. The summed E-state index contributed by atoms with van der Waals surface area (Å²) in [4.78, 5) is 24.5. The summed E-state index contributed by atoms with van der Waals surface area (Å²) in [6, 6.07) is 10.5. The lowest BCUT2D eigenvalue weighted by atomic mass is 10.2. The molecule has 0 atom stereocenters. The Morgan fingerprint density at radius 3 is 2.12 bits per heavy atom. The van der Waals surface area contributed by atoms with E-state index in [1.165, 1.54) is 28.6 Å². The van der Waals surface area contributed by atoms with E-state index >= 15 is 0 Å². The van der Waals surface area contributed by atoms with Crippen molar-refractivity contribution in [2.24, 2.45) is 0 Å². The fraction of sp³-hybridized carbons (Fsp3) is 0.417. The predicted octanol–water partition coefficient (Wildman–Crippen LogP) is 4.45. The second-order valence-electron chi connectivity index (χ2n) is 8.26. The number of nitrogens with zero attached hydrogens (tertiary/aromatic N) is 1. The Labute approximate surface area is 194 Å². The van der Waals surface area contributed by atoms with Gasteiger partial charge < -0.3 is 10.6 Å². The van der Waals surface area contributed by atoms with Crippen molar-refractivity contribution < 1.29 is 22.4 Å². The summed E-state index contributed by atoms with van der Waals surface area (Å²) >= 11 is 0. The molecule has 0 unspecified atom stereocenters. The molecule has 0 bridgehead atoms. The van der Waals surface area contributed by atoms with Gasteiger partial charge in [0, 0.05) is 37.3 Å². The van der Waals surface area contributed by atoms with E-state index in [0.29, 0.717) is 36.4 Å². The predicted molar refractivity (Wildman–Crippen MR) is 126 cm³/mol. The van der Waals surface area contributed by atoms with Crippen molar-refractivity contribution >= 4 is 33.2 Å². The molecule has 1 saturated heterocycles. The second kappa shape index (κ2) is 11.4. The zero-order valence-corrected chi connectivity index (χ0v) is 19.6. The molecule has 33 heavy (non-hydrogen) atoms. The van der Waals surface area contributed by atoms with Gasteiger partial charge in [0.2, 0.25) is 21.8 Å². The molecule has 1 aliphatic heterocycles. The Kier molecular flexibility index (Phi) is 8.57. The van der Waals surface area contributed by atoms with Crippen LogP contribution in [0.4, 0.5) is 15.8 Å². The van der Waals surface area contributed by atoms with Crippen LogP contribution in [0.3, 0.4) is 0 Å². The van der Waals surface area contributed by atoms with E-state index in [-0.39, 0.29) is 29.6 Å². The number of aryl methyl sites for hydroxylation is 1. The van der Waals surface area contributed by atoms with Crippen molar-refractivity contribution in [3.63, 3.8) is 0 Å². The number of anilines is 2. The van der Waals surface area contributed by atoms with Crippen LogP contribution < -0.4 is 10.6 Å². The van der Waals surface area contributed by atoms with Crippen molar-refractivity contribution in [1.29, 1.82) is 0 Å². The van der Waals surface area contributed by atoms with Gasteiger partial charge in [0.1, 0.15) is 5.82 Å². The van der Waals surface area contributed by atoms with Crippen LogP contribution in [-0.2, 0) is 19.6 Å². The first kappa shape index (κ1) is 24.9. The number of carbonyl (C=O) groups is 2. The van der Waals surface area contributed by atoms with Gasteiger partial charge >= 0.3 is 0 Å². The van der Waals surface area contributed by atoms with Gasteiger partial charge in [-0.05, 0) is 62.1 Å². The first-order chi connectivity index (χ1) is 15.8. The van der Waals surface area contributed by atoms with Crippen molar-refractivity contribution in [2.45, 2.75) is 56.8 Å². The normalized spacial score (nSPS) is 15.0. The van der Waals surface area contributed by atoms with E-state index in [1.807, 2.05) is 0 Å². The Hall–Kier alpha value is -2.78. The number of sulfonamides is 1. The Bertz CT molecular complexity index is 1100. The van der Waals surface area contributed by atoms with Crippen LogP contribution in [0.2, 0.25) is 0 Å². The van der Waals surface area contributed by atoms with Crippen LogP contribution in [0.15, 0.2) is 47.4 Å². The summed E-state index contributed by atoms with van der Waals surface area (Å²) in [6.07, 6.45) is 4.26. The molecule has 2 N–H and O–H groups in total. The van der Waals surface area contributed by atoms with Crippen molar-refractivity contribution in [2.75, 3.05) is 23.7 Å². The van der Waals surface area contributed by atoms with E-state index in [4.69, 9.17) is 0 Å². The quantitative estimate of drug-likeness (QED) is 0.590. The maximum atomic E-state index is 13.2. The molecule has 9 heteroatoms. The largest absolute Gasteiger partial charge is 0.326 e. The van der Waals surface area contributed by atoms with Gasteiger partial charge in [-0.2, -0.15) is 4.31 Å². The molecule has 1 fully saturated rings. The highest BCUT2D eigenvalue weighted by Gasteiger charge is 2.27. The molecule has 2 aromatic carbocycles. The number of carbonyl (C=O) groups excluding carboxylic acids is 2. The van der Waals surface area contributed by atoms with Crippen LogP contribution in [0.5, 0.6) is 0 Å². The molecule has 0 saturated carbocycles. The number of hydrogen-bond acceptors (Lipinski definition) is 4. The lowest BCUT2D eigenvalue weighted by Gasteiger charge is -2.21. The zero-order valence-electron chi connectivity index (χ0n) is 18.8. The third kappa shape index (κ3) is 7.10. The molecule has 0 spiro atoms. The van der Waals surface area contributed by atoms with Crippen LogP contribution in [-0.4, -0.2) is 37.6 Å². The number of amides is 2. The summed E-state index contributed by atoms with van der Waals surface area (Å²) in [5, 5.41) is 5.31. The molecule has 2 aromatic rings. The highest BCUT2D eigenvalue weighted by atomic mass is 32.2. The smallest absolute Gasteiger partial charge is 0.243 e. The van der Waals surface area contributed by atoms with Gasteiger partial charge in [-0.1, -0.05) is 25.0 Å². The summed E-state index contributed by atoms with van der Waals surface area (Å²) in [6.45, 7) is 2.76. The van der Waals surface area contributed by atoms with E-state index in [2.05, 4.69) is 10.6 Å². The van der Waals surface area contributed by atoms with Crippen molar-refractivity contribution in [1.82, 2.24) is 4.31 Å². The third-order valence-corrected chi connectivity index (χ3v) is 7.61. The standard InChI is InChI=1S/C24H30FN3O4S/c1-18-12-13-21(17-22(18)33(31,32)28-14-4-2-3-5-15-28)27-24(30)11-7-10-23(29)26-20-9-6-8-19(25)16-20/h6,8-9,12-13,16-17H,2-5,7,10-11,14-15H2,1H3,(H,26,29)(H,27,30). The molecule has 3 rings (SSSR count). The van der Waals surface area contributed by atoms with Crippen LogP contribution in [0, 0.1) is 12.7 Å². The minimum Gasteiger partial charge on any atom is -0.326 e. The zero-order chi connectivity index (χ0) is 23.8. The van der Waals surface area contributed by atoms with E-state index in [9.17, 15) is 22.4 Å². The summed E-state index contributed by atoms with van der Waals surface area (Å²) < 4.78 is 41.0. The molecule has 1 aliphatic rings. The van der Waals surface area contributed by atoms with E-state index < -0.39 is 15.8 Å². The number of nitrogens with one attached hydrogen (secondary N) is 2. The molecule has 2 amide bonds. The highest BCUT2D eigenvalue weighted by molar-refractivity contribution is 7.89. The van der Waals surface area contributed by atoms with Crippen LogP contribution >= 0.6 is 0 Å². The number of benzene rings is 2. The van der Waals surface area contributed by atoms with Gasteiger partial charge in [-0.15, -0.1) is 0 Å². The van der Waals surface area contributed by atoms with Crippen molar-refractivity contribution in [3.8, 4) is 0 Å². The van der Waals surface area contributed by atoms with E-state index in [1.54, 1.807) is 25.1 Å². The topological polar surface area (TPSA) is 95.6 Å². The van der Waals surface area contributed by atoms with E-state index in [0.717, 1.165) is 25.7 Å². The third-order valence-electron chi connectivity index (χ3n) is 5.57. The molecule has 0 aliphatic carbocycles. The SMILES string of the molecule is Cc1ccc(NC(=O)CCCC(=O)Nc2cccc(F)c2)cc1S(=O)(=O)N1CCCCCC1. The fourth-order valence-corrected chi connectivity index (χ4v) is 5.57. The minimum absolute atomic E-state index is 0.0959. The molecule has 178 valence electrons. The van der Waals surface area contributed by atoms with Crippen molar-refractivity contribution in [3.05, 3.63) is 53.8 Å². The maximum Gasteiger partial charge on any atom is 0.243 e.